The van der Waals surface area contributed by atoms with Crippen LogP contribution in [0.25, 0.3) is 0 Å². The first kappa shape index (κ1) is 26.5. The molecule has 1 aromatic carbocycles. The lowest BCUT2D eigenvalue weighted by Crippen LogP contribution is -2.23. The van der Waals surface area contributed by atoms with Crippen LogP contribution in [0.3, 0.4) is 0 Å². The van der Waals surface area contributed by atoms with Crippen LogP contribution in [-0.2, 0) is 11.2 Å². The Morgan fingerprint density at radius 1 is 1.15 bits per heavy atom. The van der Waals surface area contributed by atoms with Crippen LogP contribution in [0.5, 0.6) is 0 Å². The summed E-state index contributed by atoms with van der Waals surface area (Å²) in [6, 6.07) is 8.10. The van der Waals surface area contributed by atoms with Crippen molar-refractivity contribution < 1.29 is 4.79 Å². The zero-order valence-corrected chi connectivity index (χ0v) is 22.0. The Morgan fingerprint density at radius 2 is 1.88 bits per heavy atom. The fourth-order valence-electron chi connectivity index (χ4n) is 5.40. The summed E-state index contributed by atoms with van der Waals surface area (Å²) in [5.41, 5.74) is 4.73. The topological polar surface area (TPSA) is 53.8 Å². The maximum Gasteiger partial charge on any atom is 0.230 e. The van der Waals surface area contributed by atoms with Crippen LogP contribution in [0.15, 0.2) is 57.7 Å². The van der Waals surface area contributed by atoms with E-state index in [0.717, 1.165) is 41.7 Å². The van der Waals surface area contributed by atoms with Crippen LogP contribution in [-0.4, -0.2) is 24.7 Å². The number of nitrogens with zero attached hydrogens (tertiary/aromatic N) is 2. The summed E-state index contributed by atoms with van der Waals surface area (Å²) in [7, 11) is 0. The number of allylic oxidation sites excluding steroid dienone is 3. The molecule has 1 fully saturated rings. The van der Waals surface area contributed by atoms with Crippen molar-refractivity contribution in [1.29, 1.82) is 0 Å². The Hall–Kier alpha value is -2.14. The zero-order chi connectivity index (χ0) is 24.3. The minimum Gasteiger partial charge on any atom is -0.300 e. The molecule has 184 valence electrons. The number of aliphatic imine (C=N–C) groups is 2. The van der Waals surface area contributed by atoms with Crippen LogP contribution in [0, 0.1) is 17.8 Å². The average molecular weight is 480 g/mol. The molecule has 4 nitrogen and oxygen atoms in total. The maximum absolute atomic E-state index is 11.7. The summed E-state index contributed by atoms with van der Waals surface area (Å²) in [4.78, 5) is 20.5. The molecule has 2 aliphatic rings. The predicted molar refractivity (Wildman–Crippen MR) is 147 cm³/mol. The number of hydrogen-bond donors (Lipinski definition) is 1. The van der Waals surface area contributed by atoms with Gasteiger partial charge in [-0.3, -0.25) is 4.79 Å². The monoisotopic (exact) mass is 479 g/mol. The lowest BCUT2D eigenvalue weighted by molar-refractivity contribution is -0.119. The summed E-state index contributed by atoms with van der Waals surface area (Å²) in [5.74, 6) is 3.47. The van der Waals surface area contributed by atoms with Gasteiger partial charge in [-0.25, -0.2) is 9.98 Å². The first-order chi connectivity index (χ1) is 16.5. The first-order valence-corrected chi connectivity index (χ1v) is 14.1. The van der Waals surface area contributed by atoms with Gasteiger partial charge in [0.15, 0.2) is 5.84 Å². The summed E-state index contributed by atoms with van der Waals surface area (Å²) < 4.78 is 2.76. The average Bonchev–Trinajstić information content (AvgIpc) is 2.88. The quantitative estimate of drug-likeness (QED) is 0.229. The molecule has 3 rings (SSSR count). The van der Waals surface area contributed by atoms with Crippen molar-refractivity contribution in [3.63, 3.8) is 0 Å². The Balaban J connectivity index is 1.56. The van der Waals surface area contributed by atoms with Gasteiger partial charge in [0.1, 0.15) is 0 Å². The van der Waals surface area contributed by atoms with Crippen LogP contribution in [0.2, 0.25) is 0 Å². The normalized spacial score (nSPS) is 23.9. The van der Waals surface area contributed by atoms with E-state index in [0.29, 0.717) is 12.3 Å². The second-order valence-corrected chi connectivity index (χ2v) is 10.4. The van der Waals surface area contributed by atoms with E-state index in [-0.39, 0.29) is 5.91 Å². The van der Waals surface area contributed by atoms with Gasteiger partial charge in [-0.1, -0.05) is 68.5 Å². The number of carbonyl (C=O) groups is 1. The van der Waals surface area contributed by atoms with Crippen molar-refractivity contribution in [1.82, 2.24) is 4.72 Å². The molecular formula is C29H41N3OS. The van der Waals surface area contributed by atoms with Gasteiger partial charge in [-0.2, -0.15) is 0 Å². The van der Waals surface area contributed by atoms with E-state index < -0.39 is 0 Å². The number of benzene rings is 1. The fourth-order valence-corrected chi connectivity index (χ4v) is 5.73. The number of amidine groups is 1. The molecule has 0 saturated heterocycles. The van der Waals surface area contributed by atoms with E-state index in [9.17, 15) is 4.79 Å². The van der Waals surface area contributed by atoms with Crippen LogP contribution < -0.4 is 4.72 Å². The van der Waals surface area contributed by atoms with Crippen molar-refractivity contribution in [3.8, 4) is 0 Å². The number of amides is 1. The summed E-state index contributed by atoms with van der Waals surface area (Å²) in [5, 5.41) is 0. The van der Waals surface area contributed by atoms with Crippen molar-refractivity contribution in [2.75, 3.05) is 6.26 Å². The van der Waals surface area contributed by atoms with E-state index in [2.05, 4.69) is 41.3 Å². The van der Waals surface area contributed by atoms with Crippen molar-refractivity contribution >= 4 is 30.4 Å². The number of carbonyl (C=O) groups excluding carboxylic acids is 1. The summed E-state index contributed by atoms with van der Waals surface area (Å²) in [6.07, 6.45) is 18.3. The molecule has 1 N–H and O–H groups in total. The minimum absolute atomic E-state index is 0.0550. The smallest absolute Gasteiger partial charge is 0.230 e. The molecule has 1 saturated carbocycles. The van der Waals surface area contributed by atoms with Gasteiger partial charge in [-0.05, 0) is 86.6 Å². The van der Waals surface area contributed by atoms with E-state index in [1.165, 1.54) is 68.0 Å². The van der Waals surface area contributed by atoms with Crippen LogP contribution in [0.1, 0.15) is 82.8 Å². The molecule has 34 heavy (non-hydrogen) atoms. The second-order valence-electron chi connectivity index (χ2n) is 9.80. The Labute approximate surface area is 210 Å². The van der Waals surface area contributed by atoms with Crippen LogP contribution in [0.4, 0.5) is 0 Å². The third kappa shape index (κ3) is 7.69. The largest absolute Gasteiger partial charge is 0.300 e. The number of nitrogens with one attached hydrogen (secondary N) is 1. The number of rotatable bonds is 9. The summed E-state index contributed by atoms with van der Waals surface area (Å²) in [6.45, 7) is 8.23. The SMILES string of the molecule is C=NC(=N/C=C(\C)C1=CCC(C2CCC(CC)CC2)CC1)c1ccc(CCC(=O)NSC)cc1. The molecule has 2 aliphatic carbocycles. The molecule has 1 atom stereocenters. The highest BCUT2D eigenvalue weighted by atomic mass is 32.2. The highest BCUT2D eigenvalue weighted by Crippen LogP contribution is 2.41. The molecule has 0 radical (unpaired) electrons. The molecule has 1 unspecified atom stereocenters. The molecule has 0 aromatic heterocycles. The fraction of sp³-hybridized carbons (Fsp3) is 0.552. The molecule has 0 heterocycles. The zero-order valence-electron chi connectivity index (χ0n) is 21.2. The van der Waals surface area contributed by atoms with E-state index >= 15 is 0 Å². The lowest BCUT2D eigenvalue weighted by Gasteiger charge is -2.35. The van der Waals surface area contributed by atoms with Crippen molar-refractivity contribution in [3.05, 3.63) is 58.8 Å². The highest BCUT2D eigenvalue weighted by molar-refractivity contribution is 7.97. The molecule has 5 heteroatoms. The number of aryl methyl sites for hydroxylation is 1. The minimum atomic E-state index is 0.0550. The van der Waals surface area contributed by atoms with E-state index in [1.807, 2.05) is 36.7 Å². The van der Waals surface area contributed by atoms with Crippen molar-refractivity contribution in [2.24, 2.45) is 27.7 Å². The van der Waals surface area contributed by atoms with Gasteiger partial charge < -0.3 is 4.72 Å². The number of hydrogen-bond acceptors (Lipinski definition) is 3. The molecule has 1 amide bonds. The third-order valence-electron chi connectivity index (χ3n) is 7.69. The Kier molecular flexibility index (Phi) is 10.6. The van der Waals surface area contributed by atoms with Gasteiger partial charge in [0.05, 0.1) is 0 Å². The van der Waals surface area contributed by atoms with Gasteiger partial charge in [-0.15, -0.1) is 0 Å². The Bertz CT molecular complexity index is 908. The van der Waals surface area contributed by atoms with Gasteiger partial charge in [0.25, 0.3) is 0 Å². The maximum atomic E-state index is 11.7. The summed E-state index contributed by atoms with van der Waals surface area (Å²) >= 11 is 1.34. The Morgan fingerprint density at radius 3 is 2.47 bits per heavy atom. The predicted octanol–water partition coefficient (Wildman–Crippen LogP) is 7.31. The van der Waals surface area contributed by atoms with Crippen LogP contribution >= 0.6 is 11.9 Å². The lowest BCUT2D eigenvalue weighted by atomic mass is 9.70. The third-order valence-corrected chi connectivity index (χ3v) is 8.12. The van der Waals surface area contributed by atoms with E-state index in [4.69, 9.17) is 0 Å². The molecular weight excluding hydrogens is 438 g/mol. The molecule has 0 aliphatic heterocycles. The molecule has 0 spiro atoms. The van der Waals surface area contributed by atoms with Gasteiger partial charge in [0, 0.05) is 24.4 Å². The standard InChI is InChI=1S/C29H41N3OS/c1-5-22-6-11-25(12-7-22)26-17-15-24(16-18-26)21(2)20-31-29(30-3)27-13-8-23(9-14-27)10-19-28(33)32-34-4/h8-9,13-15,20,22,25-26H,3,5-7,10-12,16-19H2,1-2,4H3,(H,32,33)/b21-20+,31-29?. The van der Waals surface area contributed by atoms with Gasteiger partial charge >= 0.3 is 0 Å². The van der Waals surface area contributed by atoms with E-state index in [1.54, 1.807) is 0 Å². The molecule has 0 bridgehead atoms. The molecule has 1 aromatic rings. The first-order valence-electron chi connectivity index (χ1n) is 12.9. The second kappa shape index (κ2) is 13.7. The van der Waals surface area contributed by atoms with Crippen molar-refractivity contribution in [2.45, 2.75) is 78.1 Å². The van der Waals surface area contributed by atoms with Gasteiger partial charge in [0.2, 0.25) is 5.91 Å². The highest BCUT2D eigenvalue weighted by Gasteiger charge is 2.28.